The molecule has 0 saturated carbocycles. The fraction of sp³-hybridized carbons (Fsp3) is 0.625. The van der Waals surface area contributed by atoms with E-state index in [0.717, 1.165) is 32.5 Å². The lowest BCUT2D eigenvalue weighted by atomic mass is 10.2. The van der Waals surface area contributed by atoms with Crippen LogP contribution < -0.4 is 5.32 Å². The Kier molecular flexibility index (Phi) is 5.17. The van der Waals surface area contributed by atoms with Gasteiger partial charge in [-0.1, -0.05) is 0 Å². The van der Waals surface area contributed by atoms with Crippen LogP contribution in [0.25, 0.3) is 0 Å². The van der Waals surface area contributed by atoms with Crippen LogP contribution >= 0.6 is 0 Å². The van der Waals surface area contributed by atoms with Crippen molar-refractivity contribution in [3.8, 4) is 0 Å². The molecule has 2 heterocycles. The average Bonchev–Trinajstić information content (AvgIpc) is 2.87. The Morgan fingerprint density at radius 3 is 2.81 bits per heavy atom. The van der Waals surface area contributed by atoms with Crippen molar-refractivity contribution in [1.82, 2.24) is 15.2 Å². The van der Waals surface area contributed by atoms with Crippen molar-refractivity contribution in [1.29, 1.82) is 0 Å². The second-order valence-corrected chi connectivity index (χ2v) is 6.47. The van der Waals surface area contributed by atoms with Crippen LogP contribution in [0.4, 0.5) is 4.79 Å². The fourth-order valence-corrected chi connectivity index (χ4v) is 2.39. The molecule has 1 aromatic rings. The number of rotatable bonds is 4. The Balaban J connectivity index is 1.69. The molecule has 0 bridgehead atoms. The third-order valence-electron chi connectivity index (χ3n) is 3.44. The van der Waals surface area contributed by atoms with Gasteiger partial charge in [0, 0.05) is 31.5 Å². The summed E-state index contributed by atoms with van der Waals surface area (Å²) in [6, 6.07) is 4.42. The molecule has 5 nitrogen and oxygen atoms in total. The number of amides is 1. The maximum absolute atomic E-state index is 12.0. The van der Waals surface area contributed by atoms with Crippen molar-refractivity contribution in [2.45, 2.75) is 45.3 Å². The van der Waals surface area contributed by atoms with E-state index in [1.807, 2.05) is 45.3 Å². The summed E-state index contributed by atoms with van der Waals surface area (Å²) in [6.45, 7) is 8.09. The molecule has 1 saturated heterocycles. The van der Waals surface area contributed by atoms with Gasteiger partial charge < -0.3 is 15.0 Å². The van der Waals surface area contributed by atoms with Crippen LogP contribution in [0.15, 0.2) is 24.5 Å². The highest BCUT2D eigenvalue weighted by atomic mass is 16.6. The maximum atomic E-state index is 12.0. The molecule has 1 unspecified atom stereocenters. The van der Waals surface area contributed by atoms with Crippen molar-refractivity contribution in [3.63, 3.8) is 0 Å². The van der Waals surface area contributed by atoms with Gasteiger partial charge in [0.15, 0.2) is 0 Å². The number of pyridine rings is 1. The predicted molar refractivity (Wildman–Crippen MR) is 82.2 cm³/mol. The van der Waals surface area contributed by atoms with Gasteiger partial charge in [-0.25, -0.2) is 4.79 Å². The monoisotopic (exact) mass is 291 g/mol. The van der Waals surface area contributed by atoms with Gasteiger partial charge in [-0.05, 0) is 57.9 Å². The first kappa shape index (κ1) is 15.8. The SMILES string of the molecule is CC(C)(C)OC(=O)N1CCC(NCCc2ccncc2)C1. The molecule has 1 aliphatic heterocycles. The Bertz CT molecular complexity index is 456. The van der Waals surface area contributed by atoms with E-state index in [2.05, 4.69) is 10.3 Å². The molecule has 5 heteroatoms. The first-order valence-electron chi connectivity index (χ1n) is 7.54. The van der Waals surface area contributed by atoms with Crippen LogP contribution in [0.3, 0.4) is 0 Å². The first-order valence-corrected chi connectivity index (χ1v) is 7.54. The van der Waals surface area contributed by atoms with Gasteiger partial charge in [0.25, 0.3) is 0 Å². The summed E-state index contributed by atoms with van der Waals surface area (Å²) in [6.07, 6.45) is 5.38. The van der Waals surface area contributed by atoms with E-state index in [1.165, 1.54) is 5.56 Å². The smallest absolute Gasteiger partial charge is 0.410 e. The van der Waals surface area contributed by atoms with Crippen LogP contribution in [0.5, 0.6) is 0 Å². The number of likely N-dealkylation sites (tertiary alicyclic amines) is 1. The predicted octanol–water partition coefficient (Wildman–Crippen LogP) is 2.22. The summed E-state index contributed by atoms with van der Waals surface area (Å²) < 4.78 is 5.40. The first-order chi connectivity index (χ1) is 9.94. The summed E-state index contributed by atoms with van der Waals surface area (Å²) in [4.78, 5) is 17.8. The van der Waals surface area contributed by atoms with E-state index in [9.17, 15) is 4.79 Å². The highest BCUT2D eigenvalue weighted by Gasteiger charge is 2.29. The summed E-state index contributed by atoms with van der Waals surface area (Å²) in [5.41, 5.74) is 0.851. The highest BCUT2D eigenvalue weighted by Crippen LogP contribution is 2.15. The average molecular weight is 291 g/mol. The molecule has 116 valence electrons. The van der Waals surface area contributed by atoms with Gasteiger partial charge in [0.1, 0.15) is 5.60 Å². The summed E-state index contributed by atoms with van der Waals surface area (Å²) in [7, 11) is 0. The number of hydrogen-bond acceptors (Lipinski definition) is 4. The Labute approximate surface area is 126 Å². The second kappa shape index (κ2) is 6.89. The van der Waals surface area contributed by atoms with Gasteiger partial charge in [0.05, 0.1) is 0 Å². The highest BCUT2D eigenvalue weighted by molar-refractivity contribution is 5.68. The molecule has 0 radical (unpaired) electrons. The molecule has 0 aliphatic carbocycles. The molecular formula is C16H25N3O2. The van der Waals surface area contributed by atoms with Crippen molar-refractivity contribution >= 4 is 6.09 Å². The number of ether oxygens (including phenoxy) is 1. The summed E-state index contributed by atoms with van der Waals surface area (Å²) in [5.74, 6) is 0. The Morgan fingerprint density at radius 1 is 1.43 bits per heavy atom. The maximum Gasteiger partial charge on any atom is 0.410 e. The lowest BCUT2D eigenvalue weighted by Crippen LogP contribution is -2.38. The fourth-order valence-electron chi connectivity index (χ4n) is 2.39. The van der Waals surface area contributed by atoms with Crippen LogP contribution in [-0.4, -0.2) is 47.3 Å². The zero-order valence-electron chi connectivity index (χ0n) is 13.1. The van der Waals surface area contributed by atoms with E-state index < -0.39 is 5.60 Å². The number of nitrogens with zero attached hydrogens (tertiary/aromatic N) is 2. The van der Waals surface area contributed by atoms with Crippen molar-refractivity contribution in [2.24, 2.45) is 0 Å². The van der Waals surface area contributed by atoms with Gasteiger partial charge in [0.2, 0.25) is 0 Å². The third kappa shape index (κ3) is 5.34. The van der Waals surface area contributed by atoms with E-state index >= 15 is 0 Å². The van der Waals surface area contributed by atoms with Gasteiger partial charge >= 0.3 is 6.09 Å². The topological polar surface area (TPSA) is 54.5 Å². The molecule has 1 fully saturated rings. The molecular weight excluding hydrogens is 266 g/mol. The third-order valence-corrected chi connectivity index (χ3v) is 3.44. The normalized spacial score (nSPS) is 18.8. The standard InChI is InChI=1S/C16H25N3O2/c1-16(2,3)21-15(20)19-11-7-14(12-19)18-10-6-13-4-8-17-9-5-13/h4-5,8-9,14,18H,6-7,10-12H2,1-3H3. The summed E-state index contributed by atoms with van der Waals surface area (Å²) >= 11 is 0. The number of carbonyl (C=O) groups excluding carboxylic acids is 1. The molecule has 2 rings (SSSR count). The van der Waals surface area contributed by atoms with Crippen molar-refractivity contribution < 1.29 is 9.53 Å². The second-order valence-electron chi connectivity index (χ2n) is 6.47. The van der Waals surface area contributed by atoms with Crippen LogP contribution in [0, 0.1) is 0 Å². The lowest BCUT2D eigenvalue weighted by Gasteiger charge is -2.24. The molecule has 1 atom stereocenters. The van der Waals surface area contributed by atoms with Crippen molar-refractivity contribution in [3.05, 3.63) is 30.1 Å². The van der Waals surface area contributed by atoms with Crippen LogP contribution in [0.1, 0.15) is 32.8 Å². The molecule has 1 aliphatic rings. The van der Waals surface area contributed by atoms with E-state index in [4.69, 9.17) is 4.74 Å². The zero-order valence-corrected chi connectivity index (χ0v) is 13.1. The minimum absolute atomic E-state index is 0.207. The summed E-state index contributed by atoms with van der Waals surface area (Å²) in [5, 5.41) is 3.51. The van der Waals surface area contributed by atoms with Gasteiger partial charge in [-0.3, -0.25) is 4.98 Å². The molecule has 1 N–H and O–H groups in total. The quantitative estimate of drug-likeness (QED) is 0.924. The van der Waals surface area contributed by atoms with Crippen LogP contribution in [-0.2, 0) is 11.2 Å². The zero-order chi connectivity index (χ0) is 15.3. The molecule has 1 amide bonds. The minimum atomic E-state index is -0.427. The van der Waals surface area contributed by atoms with E-state index in [-0.39, 0.29) is 6.09 Å². The lowest BCUT2D eigenvalue weighted by molar-refractivity contribution is 0.0291. The molecule has 1 aromatic heterocycles. The minimum Gasteiger partial charge on any atom is -0.444 e. The Morgan fingerprint density at radius 2 is 2.14 bits per heavy atom. The number of nitrogens with one attached hydrogen (secondary N) is 1. The number of aromatic nitrogens is 1. The van der Waals surface area contributed by atoms with Gasteiger partial charge in [-0.2, -0.15) is 0 Å². The Hall–Kier alpha value is -1.62. The largest absolute Gasteiger partial charge is 0.444 e. The van der Waals surface area contributed by atoms with E-state index in [1.54, 1.807) is 4.90 Å². The van der Waals surface area contributed by atoms with Crippen LogP contribution in [0.2, 0.25) is 0 Å². The number of hydrogen-bond donors (Lipinski definition) is 1. The molecule has 21 heavy (non-hydrogen) atoms. The van der Waals surface area contributed by atoms with E-state index in [0.29, 0.717) is 6.04 Å². The van der Waals surface area contributed by atoms with Crippen molar-refractivity contribution in [2.75, 3.05) is 19.6 Å². The van der Waals surface area contributed by atoms with Gasteiger partial charge in [-0.15, -0.1) is 0 Å². The molecule has 0 aromatic carbocycles. The molecule has 0 spiro atoms. The number of carbonyl (C=O) groups is 1.